The molecule has 34 heavy (non-hydrogen) atoms. The first-order valence-electron chi connectivity index (χ1n) is 11.5. The molecule has 0 radical (unpaired) electrons. The Kier molecular flexibility index (Phi) is 4.75. The summed E-state index contributed by atoms with van der Waals surface area (Å²) in [5.74, 6) is -0.0578. The summed E-state index contributed by atoms with van der Waals surface area (Å²) >= 11 is 0. The van der Waals surface area contributed by atoms with Crippen LogP contribution in [-0.4, -0.2) is 47.2 Å². The molecule has 0 spiro atoms. The minimum atomic E-state index is -1.10. The maximum Gasteiger partial charge on any atom is 0.338 e. The molecule has 0 aliphatic heterocycles. The van der Waals surface area contributed by atoms with Crippen molar-refractivity contribution in [2.24, 2.45) is 5.41 Å². The largest absolute Gasteiger partial charge is 0.493 e. The van der Waals surface area contributed by atoms with E-state index in [-0.39, 0.29) is 22.5 Å². The zero-order valence-electron chi connectivity index (χ0n) is 18.5. The number of aryl methyl sites for hydroxylation is 2. The molecule has 0 bridgehead atoms. The molecule has 2 aliphatic carbocycles. The standard InChI is InChI=1S/C24H24N6O4/c31-21-20-19(27-23(28-21)29-12-17(10-25-29)22(32)33)11-26-30(20)13-24(7-8-24)14-34-18-6-5-15-3-1-2-4-16(15)9-18/h5-6,9-12H,1-4,7-8,13-14H2,(H,32,33)(H,27,28,31). The average molecular weight is 460 g/mol. The molecule has 1 saturated carbocycles. The van der Waals surface area contributed by atoms with E-state index in [0.717, 1.165) is 31.4 Å². The van der Waals surface area contributed by atoms with Crippen LogP contribution in [-0.2, 0) is 19.4 Å². The third kappa shape index (κ3) is 3.74. The van der Waals surface area contributed by atoms with Crippen molar-refractivity contribution < 1.29 is 14.6 Å². The molecule has 0 saturated heterocycles. The highest BCUT2D eigenvalue weighted by Crippen LogP contribution is 2.47. The molecule has 0 amide bonds. The van der Waals surface area contributed by atoms with Gasteiger partial charge in [-0.05, 0) is 61.8 Å². The van der Waals surface area contributed by atoms with Gasteiger partial charge in [-0.3, -0.25) is 14.5 Å². The minimum Gasteiger partial charge on any atom is -0.493 e. The van der Waals surface area contributed by atoms with Gasteiger partial charge in [0.15, 0.2) is 5.52 Å². The van der Waals surface area contributed by atoms with Crippen LogP contribution in [0.2, 0.25) is 0 Å². The topological polar surface area (TPSA) is 128 Å². The van der Waals surface area contributed by atoms with Crippen LogP contribution in [0, 0.1) is 5.41 Å². The third-order valence-electron chi connectivity index (χ3n) is 6.84. The molecule has 0 unspecified atom stereocenters. The van der Waals surface area contributed by atoms with Gasteiger partial charge in [0.05, 0.1) is 31.1 Å². The Morgan fingerprint density at radius 3 is 2.74 bits per heavy atom. The zero-order valence-corrected chi connectivity index (χ0v) is 18.5. The molecule has 3 heterocycles. The van der Waals surface area contributed by atoms with Gasteiger partial charge in [-0.1, -0.05) is 6.07 Å². The number of nitrogens with one attached hydrogen (secondary N) is 1. The first kappa shape index (κ1) is 20.6. The molecule has 2 N–H and O–H groups in total. The number of aromatic amines is 1. The van der Waals surface area contributed by atoms with Crippen LogP contribution in [0.4, 0.5) is 0 Å². The van der Waals surface area contributed by atoms with Crippen LogP contribution in [0.25, 0.3) is 17.0 Å². The van der Waals surface area contributed by atoms with Crippen LogP contribution >= 0.6 is 0 Å². The monoisotopic (exact) mass is 460 g/mol. The Labute approximate surface area is 194 Å². The summed E-state index contributed by atoms with van der Waals surface area (Å²) in [6, 6.07) is 6.42. The number of hydrogen-bond donors (Lipinski definition) is 2. The van der Waals surface area contributed by atoms with Crippen LogP contribution < -0.4 is 10.3 Å². The molecule has 10 heteroatoms. The van der Waals surface area contributed by atoms with Crippen LogP contribution in [0.15, 0.2) is 41.6 Å². The highest BCUT2D eigenvalue weighted by molar-refractivity contribution is 5.87. The number of carboxylic acids is 1. The lowest BCUT2D eigenvalue weighted by atomic mass is 9.92. The first-order chi connectivity index (χ1) is 16.5. The summed E-state index contributed by atoms with van der Waals surface area (Å²) < 4.78 is 9.11. The fourth-order valence-electron chi connectivity index (χ4n) is 4.65. The van der Waals surface area contributed by atoms with Gasteiger partial charge in [0, 0.05) is 11.6 Å². The number of aromatic carboxylic acids is 1. The van der Waals surface area contributed by atoms with Gasteiger partial charge >= 0.3 is 5.97 Å². The summed E-state index contributed by atoms with van der Waals surface area (Å²) in [5.41, 5.74) is 3.24. The summed E-state index contributed by atoms with van der Waals surface area (Å²) in [4.78, 5) is 31.1. The van der Waals surface area contributed by atoms with Gasteiger partial charge in [0.1, 0.15) is 11.3 Å². The molecule has 0 atom stereocenters. The predicted molar refractivity (Wildman–Crippen MR) is 122 cm³/mol. The number of carbonyl (C=O) groups is 1. The van der Waals surface area contributed by atoms with Gasteiger partial charge in [0.25, 0.3) is 5.56 Å². The number of aromatic nitrogens is 6. The summed E-state index contributed by atoms with van der Waals surface area (Å²) in [6.07, 6.45) is 10.8. The molecule has 3 aromatic heterocycles. The van der Waals surface area contributed by atoms with Crippen molar-refractivity contribution in [1.29, 1.82) is 0 Å². The van der Waals surface area contributed by atoms with E-state index >= 15 is 0 Å². The smallest absolute Gasteiger partial charge is 0.338 e. The summed E-state index contributed by atoms with van der Waals surface area (Å²) in [5, 5.41) is 17.5. The lowest BCUT2D eigenvalue weighted by Gasteiger charge is -2.19. The molecule has 174 valence electrons. The van der Waals surface area contributed by atoms with E-state index in [1.807, 2.05) is 0 Å². The lowest BCUT2D eigenvalue weighted by molar-refractivity contribution is 0.0697. The average Bonchev–Trinajstić information content (AvgIpc) is 3.23. The molecule has 10 nitrogen and oxygen atoms in total. The van der Waals surface area contributed by atoms with Gasteiger partial charge in [-0.25, -0.2) is 14.5 Å². The van der Waals surface area contributed by atoms with Crippen LogP contribution in [0.5, 0.6) is 5.75 Å². The third-order valence-corrected chi connectivity index (χ3v) is 6.84. The Morgan fingerprint density at radius 2 is 1.97 bits per heavy atom. The Morgan fingerprint density at radius 1 is 1.15 bits per heavy atom. The summed E-state index contributed by atoms with van der Waals surface area (Å²) in [7, 11) is 0. The second-order valence-corrected chi connectivity index (χ2v) is 9.33. The number of nitrogens with zero attached hydrogens (tertiary/aromatic N) is 5. The molecular formula is C24H24N6O4. The van der Waals surface area contributed by atoms with Crippen LogP contribution in [0.1, 0.15) is 47.2 Å². The van der Waals surface area contributed by atoms with E-state index in [1.165, 1.54) is 41.0 Å². The number of carboxylic acid groups (broad SMARTS) is 1. The molecule has 4 aromatic rings. The van der Waals surface area contributed by atoms with Gasteiger partial charge < -0.3 is 9.84 Å². The maximum absolute atomic E-state index is 12.9. The predicted octanol–water partition coefficient (Wildman–Crippen LogP) is 2.74. The highest BCUT2D eigenvalue weighted by atomic mass is 16.5. The second-order valence-electron chi connectivity index (χ2n) is 9.33. The van der Waals surface area contributed by atoms with Crippen molar-refractivity contribution in [2.75, 3.05) is 6.61 Å². The number of fused-ring (bicyclic) bond motifs is 2. The van der Waals surface area contributed by atoms with E-state index in [0.29, 0.717) is 24.2 Å². The van der Waals surface area contributed by atoms with Gasteiger partial charge in [0.2, 0.25) is 5.95 Å². The molecule has 1 fully saturated rings. The number of hydrogen-bond acceptors (Lipinski definition) is 6. The quantitative estimate of drug-likeness (QED) is 0.434. The normalized spacial score (nSPS) is 16.4. The lowest BCUT2D eigenvalue weighted by Crippen LogP contribution is -2.23. The van der Waals surface area contributed by atoms with Gasteiger partial charge in [-0.15, -0.1) is 0 Å². The molecule has 1 aromatic carbocycles. The van der Waals surface area contributed by atoms with Crippen molar-refractivity contribution >= 4 is 17.0 Å². The van der Waals surface area contributed by atoms with E-state index in [4.69, 9.17) is 9.84 Å². The van der Waals surface area contributed by atoms with E-state index in [1.54, 1.807) is 10.9 Å². The van der Waals surface area contributed by atoms with Crippen molar-refractivity contribution in [1.82, 2.24) is 29.5 Å². The number of rotatable bonds is 7. The Bertz CT molecular complexity index is 1460. The van der Waals surface area contributed by atoms with Crippen LogP contribution in [0.3, 0.4) is 0 Å². The first-order valence-corrected chi connectivity index (χ1v) is 11.5. The Hall–Kier alpha value is -3.95. The zero-order chi connectivity index (χ0) is 23.3. The molecule has 6 rings (SSSR count). The van der Waals surface area contributed by atoms with Crippen molar-refractivity contribution in [2.45, 2.75) is 45.1 Å². The van der Waals surface area contributed by atoms with E-state index < -0.39 is 5.97 Å². The SMILES string of the molecule is O=C(O)c1cnn(-c2nc3cnn(CC4(COc5ccc6c(c5)CCCC6)CC4)c3c(=O)[nH]2)c1. The van der Waals surface area contributed by atoms with Crippen molar-refractivity contribution in [3.05, 3.63) is 63.8 Å². The van der Waals surface area contributed by atoms with E-state index in [2.05, 4.69) is 38.4 Å². The van der Waals surface area contributed by atoms with Crippen molar-refractivity contribution in [3.63, 3.8) is 0 Å². The fourth-order valence-corrected chi connectivity index (χ4v) is 4.65. The van der Waals surface area contributed by atoms with E-state index in [9.17, 15) is 9.59 Å². The minimum absolute atomic E-state index is 0.00745. The fraction of sp³-hybridized carbons (Fsp3) is 0.375. The summed E-state index contributed by atoms with van der Waals surface area (Å²) in [6.45, 7) is 1.14. The molecular weight excluding hydrogens is 436 g/mol. The van der Waals surface area contributed by atoms with Gasteiger partial charge in [-0.2, -0.15) is 10.2 Å². The number of H-pyrrole nitrogens is 1. The maximum atomic E-state index is 12.9. The molecule has 2 aliphatic rings. The Balaban J connectivity index is 1.20. The number of benzene rings is 1. The second kappa shape index (κ2) is 7.82. The number of ether oxygens (including phenoxy) is 1. The van der Waals surface area contributed by atoms with Crippen molar-refractivity contribution in [3.8, 4) is 11.7 Å². The highest BCUT2D eigenvalue weighted by Gasteiger charge is 2.44.